The van der Waals surface area contributed by atoms with Gasteiger partial charge in [-0.05, 0) is 81.1 Å². The molecule has 0 aliphatic carbocycles. The van der Waals surface area contributed by atoms with Gasteiger partial charge >= 0.3 is 5.97 Å². The average Bonchev–Trinajstić information content (AvgIpc) is 3.21. The number of carbonyl (C=O) groups is 2. The molecular formula is C42H47Cl2N5O7. The van der Waals surface area contributed by atoms with Crippen molar-refractivity contribution in [2.24, 2.45) is 5.92 Å². The van der Waals surface area contributed by atoms with Crippen molar-refractivity contribution >= 4 is 35.1 Å². The van der Waals surface area contributed by atoms with Gasteiger partial charge in [-0.15, -0.1) is 0 Å². The molecule has 296 valence electrons. The van der Waals surface area contributed by atoms with E-state index in [9.17, 15) is 25.1 Å². The standard InChI is InChI=1S/C42H47Cl2N5O7/c1-27-31(7-4-8-33(27)34-9-5-10-36(39(34)44)54-16-6-13-49-14-11-30(12-15-49)40(51)46-3)25-56-38-19-37(55-24-29-17-28(20-45)21-47-22-29)32(18-35(38)43)23-48-42(2,26-50)41(52)53/h4-5,7-10,17-19,21-22,30,48,50H,6,11-16,23-26H2,1-3H3,(H,46,51)(H,52,53)/t42-/m1/s1. The first-order valence-electron chi connectivity index (χ1n) is 18.4. The first-order chi connectivity index (χ1) is 27.0. The summed E-state index contributed by atoms with van der Waals surface area (Å²) in [6, 6.07) is 18.6. The highest BCUT2D eigenvalue weighted by atomic mass is 35.5. The second kappa shape index (κ2) is 19.8. The number of nitrogens with zero attached hydrogens (tertiary/aromatic N) is 3. The van der Waals surface area contributed by atoms with Crippen molar-refractivity contribution in [3.63, 3.8) is 0 Å². The van der Waals surface area contributed by atoms with Gasteiger partial charge < -0.3 is 34.6 Å². The summed E-state index contributed by atoms with van der Waals surface area (Å²) in [6.07, 6.45) is 5.61. The minimum Gasteiger partial charge on any atom is -0.492 e. The van der Waals surface area contributed by atoms with Crippen molar-refractivity contribution in [3.05, 3.63) is 105 Å². The molecule has 0 bridgehead atoms. The smallest absolute Gasteiger partial charge is 0.326 e. The third kappa shape index (κ3) is 10.7. The van der Waals surface area contributed by atoms with Crippen LogP contribution in [-0.4, -0.2) is 77.4 Å². The number of hydrogen-bond acceptors (Lipinski definition) is 10. The lowest BCUT2D eigenvalue weighted by molar-refractivity contribution is -0.146. The molecule has 0 saturated carbocycles. The second-order valence-electron chi connectivity index (χ2n) is 13.9. The molecule has 12 nitrogen and oxygen atoms in total. The molecule has 4 N–H and O–H groups in total. The van der Waals surface area contributed by atoms with Crippen LogP contribution in [0.4, 0.5) is 0 Å². The first-order valence-corrected chi connectivity index (χ1v) is 19.2. The molecule has 1 fully saturated rings. The molecule has 4 aromatic rings. The van der Waals surface area contributed by atoms with Crippen LogP contribution >= 0.6 is 23.2 Å². The Morgan fingerprint density at radius 2 is 1.71 bits per heavy atom. The van der Waals surface area contributed by atoms with Crippen LogP contribution in [0.5, 0.6) is 17.2 Å². The van der Waals surface area contributed by atoms with Crippen molar-refractivity contribution < 1.29 is 34.0 Å². The number of nitrogens with one attached hydrogen (secondary N) is 2. The SMILES string of the molecule is CNC(=O)C1CCN(CCCOc2cccc(-c3cccc(COc4cc(OCc5cncc(C#N)c5)c(CN[C@](C)(CO)C(=O)O)cc4Cl)c3C)c2Cl)CC1. The van der Waals surface area contributed by atoms with Gasteiger partial charge in [-0.1, -0.05) is 53.5 Å². The summed E-state index contributed by atoms with van der Waals surface area (Å²) >= 11 is 13.7. The van der Waals surface area contributed by atoms with Crippen molar-refractivity contribution in [1.29, 1.82) is 5.26 Å². The van der Waals surface area contributed by atoms with E-state index in [1.165, 1.54) is 13.1 Å². The molecule has 1 amide bonds. The van der Waals surface area contributed by atoms with E-state index in [0.29, 0.717) is 45.6 Å². The number of carboxylic acids is 1. The molecule has 1 atom stereocenters. The maximum absolute atomic E-state index is 11.9. The molecule has 1 aliphatic rings. The number of aliphatic carboxylic acids is 1. The Morgan fingerprint density at radius 3 is 2.43 bits per heavy atom. The number of nitriles is 1. The van der Waals surface area contributed by atoms with E-state index >= 15 is 0 Å². The summed E-state index contributed by atoms with van der Waals surface area (Å²) in [6.45, 7) is 6.18. The third-order valence-electron chi connectivity index (χ3n) is 10.1. The van der Waals surface area contributed by atoms with Crippen molar-refractivity contribution in [2.75, 3.05) is 39.9 Å². The van der Waals surface area contributed by atoms with Gasteiger partial charge in [0.2, 0.25) is 5.91 Å². The number of pyridine rings is 1. The lowest BCUT2D eigenvalue weighted by Gasteiger charge is -2.30. The number of aliphatic hydroxyl groups excluding tert-OH is 1. The number of benzene rings is 3. The van der Waals surface area contributed by atoms with Crippen LogP contribution in [-0.2, 0) is 29.3 Å². The monoisotopic (exact) mass is 803 g/mol. The normalized spacial score (nSPS) is 14.4. The minimum absolute atomic E-state index is 0.0130. The fourth-order valence-corrected chi connectivity index (χ4v) is 6.97. The summed E-state index contributed by atoms with van der Waals surface area (Å²) < 4.78 is 18.6. The average molecular weight is 805 g/mol. The fourth-order valence-electron chi connectivity index (χ4n) is 6.45. The quantitative estimate of drug-likeness (QED) is 0.0807. The summed E-state index contributed by atoms with van der Waals surface area (Å²) in [4.78, 5) is 30.2. The number of likely N-dealkylation sites (tertiary alicyclic amines) is 1. The molecule has 56 heavy (non-hydrogen) atoms. The summed E-state index contributed by atoms with van der Waals surface area (Å²) in [5.41, 5.74) is 3.58. The van der Waals surface area contributed by atoms with Gasteiger partial charge in [-0.25, -0.2) is 0 Å². The predicted molar refractivity (Wildman–Crippen MR) is 214 cm³/mol. The molecule has 0 spiro atoms. The van der Waals surface area contributed by atoms with Crippen LogP contribution < -0.4 is 24.8 Å². The van der Waals surface area contributed by atoms with Crippen LogP contribution in [0.2, 0.25) is 10.0 Å². The topological polar surface area (TPSA) is 166 Å². The Kier molecular flexibility index (Phi) is 14.9. The number of amides is 1. The minimum atomic E-state index is -1.60. The van der Waals surface area contributed by atoms with Crippen LogP contribution in [0.25, 0.3) is 11.1 Å². The number of hydrogen-bond donors (Lipinski definition) is 4. The zero-order chi connectivity index (χ0) is 40.2. The summed E-state index contributed by atoms with van der Waals surface area (Å²) in [5, 5.41) is 35.1. The van der Waals surface area contributed by atoms with E-state index in [-0.39, 0.29) is 36.6 Å². The highest BCUT2D eigenvalue weighted by Crippen LogP contribution is 2.39. The van der Waals surface area contributed by atoms with E-state index in [0.717, 1.165) is 61.2 Å². The highest BCUT2D eigenvalue weighted by Gasteiger charge is 2.32. The molecule has 1 aliphatic heterocycles. The largest absolute Gasteiger partial charge is 0.492 e. The molecule has 1 aromatic heterocycles. The molecule has 1 saturated heterocycles. The van der Waals surface area contributed by atoms with Gasteiger partial charge in [-0.2, -0.15) is 5.26 Å². The molecule has 0 radical (unpaired) electrons. The Balaban J connectivity index is 1.27. The third-order valence-corrected chi connectivity index (χ3v) is 10.7. The summed E-state index contributed by atoms with van der Waals surface area (Å²) in [7, 11) is 1.69. The van der Waals surface area contributed by atoms with Crippen LogP contribution in [0.1, 0.15) is 54.0 Å². The number of carboxylic acid groups (broad SMARTS) is 1. The van der Waals surface area contributed by atoms with E-state index in [4.69, 9.17) is 37.4 Å². The first kappa shape index (κ1) is 42.2. The maximum Gasteiger partial charge on any atom is 0.326 e. The number of ether oxygens (including phenoxy) is 3. The lowest BCUT2D eigenvalue weighted by atomic mass is 9.96. The van der Waals surface area contributed by atoms with Crippen molar-refractivity contribution in [3.8, 4) is 34.4 Å². The van der Waals surface area contributed by atoms with E-state index in [2.05, 4.69) is 26.6 Å². The molecule has 3 aromatic carbocycles. The zero-order valence-corrected chi connectivity index (χ0v) is 33.3. The van der Waals surface area contributed by atoms with E-state index < -0.39 is 18.1 Å². The Bertz CT molecular complexity index is 2050. The number of piperidine rings is 1. The van der Waals surface area contributed by atoms with Crippen molar-refractivity contribution in [2.45, 2.75) is 58.4 Å². The van der Waals surface area contributed by atoms with Crippen LogP contribution in [0, 0.1) is 24.2 Å². The second-order valence-corrected chi connectivity index (χ2v) is 14.7. The number of rotatable bonds is 18. The van der Waals surface area contributed by atoms with E-state index in [1.54, 1.807) is 31.4 Å². The highest BCUT2D eigenvalue weighted by molar-refractivity contribution is 6.35. The van der Waals surface area contributed by atoms with Gasteiger partial charge in [0.1, 0.15) is 42.1 Å². The Hall–Kier alpha value is -4.90. The molecule has 2 heterocycles. The lowest BCUT2D eigenvalue weighted by Crippen LogP contribution is -2.52. The van der Waals surface area contributed by atoms with Gasteiger partial charge in [0.15, 0.2) is 0 Å². The number of aromatic nitrogens is 1. The van der Waals surface area contributed by atoms with Crippen LogP contribution in [0.15, 0.2) is 67.0 Å². The van der Waals surface area contributed by atoms with Gasteiger partial charge in [0, 0.05) is 61.2 Å². The van der Waals surface area contributed by atoms with Gasteiger partial charge in [-0.3, -0.25) is 19.9 Å². The number of aliphatic hydroxyl groups is 1. The Morgan fingerprint density at radius 1 is 0.982 bits per heavy atom. The maximum atomic E-state index is 11.9. The fraction of sp³-hybridized carbons (Fsp3) is 0.381. The number of carbonyl (C=O) groups excluding carboxylic acids is 1. The molecule has 5 rings (SSSR count). The van der Waals surface area contributed by atoms with Crippen molar-refractivity contribution in [1.82, 2.24) is 20.5 Å². The van der Waals surface area contributed by atoms with E-state index in [1.807, 2.05) is 43.3 Å². The molecule has 0 unspecified atom stereocenters. The number of halogens is 2. The molecule has 14 heteroatoms. The summed E-state index contributed by atoms with van der Waals surface area (Å²) in [5.74, 6) is 0.315. The molecular weight excluding hydrogens is 757 g/mol. The van der Waals surface area contributed by atoms with Gasteiger partial charge in [0.05, 0.1) is 28.8 Å². The zero-order valence-electron chi connectivity index (χ0n) is 31.7. The van der Waals surface area contributed by atoms with Crippen LogP contribution in [0.3, 0.4) is 0 Å². The Labute approximate surface area is 337 Å². The van der Waals surface area contributed by atoms with Gasteiger partial charge in [0.25, 0.3) is 0 Å². The predicted octanol–water partition coefficient (Wildman–Crippen LogP) is 6.55.